The number of nitrogens with one attached hydrogen (secondary N) is 1. The van der Waals surface area contributed by atoms with Gasteiger partial charge in [-0.1, -0.05) is 43.0 Å². The maximum absolute atomic E-state index is 11.1. The lowest BCUT2D eigenvalue weighted by Gasteiger charge is -2.10. The Morgan fingerprint density at radius 2 is 1.90 bits per heavy atom. The maximum Gasteiger partial charge on any atom is 0.294 e. The van der Waals surface area contributed by atoms with Gasteiger partial charge < -0.3 is 5.32 Å². The Balaban J connectivity index is 2.17. The SMILES string of the molecule is C=Cc1ccccc1CNc1cccc(S(=O)(=O)O)c1. The second kappa shape index (κ2) is 5.90. The largest absolute Gasteiger partial charge is 0.381 e. The molecule has 0 amide bonds. The predicted octanol–water partition coefficient (Wildman–Crippen LogP) is 3.19. The van der Waals surface area contributed by atoms with E-state index in [-0.39, 0.29) is 4.90 Å². The van der Waals surface area contributed by atoms with Gasteiger partial charge in [-0.05, 0) is 29.3 Å². The van der Waals surface area contributed by atoms with Gasteiger partial charge in [-0.2, -0.15) is 8.42 Å². The van der Waals surface area contributed by atoms with Crippen LogP contribution >= 0.6 is 0 Å². The zero-order valence-corrected chi connectivity index (χ0v) is 11.6. The molecule has 0 fully saturated rings. The van der Waals surface area contributed by atoms with Crippen LogP contribution in [0.4, 0.5) is 5.69 Å². The molecule has 0 heterocycles. The average Bonchev–Trinajstić information content (AvgIpc) is 2.45. The lowest BCUT2D eigenvalue weighted by molar-refractivity contribution is 0.483. The van der Waals surface area contributed by atoms with E-state index in [0.29, 0.717) is 12.2 Å². The highest BCUT2D eigenvalue weighted by Crippen LogP contribution is 2.17. The van der Waals surface area contributed by atoms with Gasteiger partial charge in [0.05, 0.1) is 4.90 Å². The molecule has 0 aliphatic carbocycles. The van der Waals surface area contributed by atoms with Crippen LogP contribution in [0, 0.1) is 0 Å². The van der Waals surface area contributed by atoms with E-state index in [4.69, 9.17) is 4.55 Å². The predicted molar refractivity (Wildman–Crippen MR) is 80.1 cm³/mol. The Labute approximate surface area is 118 Å². The summed E-state index contributed by atoms with van der Waals surface area (Å²) in [7, 11) is -4.18. The highest BCUT2D eigenvalue weighted by molar-refractivity contribution is 7.85. The number of hydrogen-bond donors (Lipinski definition) is 2. The van der Waals surface area contributed by atoms with Crippen LogP contribution < -0.4 is 5.32 Å². The first-order chi connectivity index (χ1) is 9.50. The summed E-state index contributed by atoms with van der Waals surface area (Å²) in [6.45, 7) is 4.29. The molecule has 0 unspecified atom stereocenters. The second-order valence-electron chi connectivity index (χ2n) is 4.26. The quantitative estimate of drug-likeness (QED) is 0.830. The van der Waals surface area contributed by atoms with Crippen molar-refractivity contribution in [3.05, 3.63) is 66.2 Å². The number of benzene rings is 2. The standard InChI is InChI=1S/C15H15NO3S/c1-2-12-6-3-4-7-13(12)11-16-14-8-5-9-15(10-14)20(17,18)19/h2-10,16H,1,11H2,(H,17,18,19). The molecule has 2 aromatic carbocycles. The van der Waals surface area contributed by atoms with Gasteiger partial charge in [0, 0.05) is 12.2 Å². The van der Waals surface area contributed by atoms with Crippen molar-refractivity contribution in [1.82, 2.24) is 0 Å². The van der Waals surface area contributed by atoms with E-state index in [1.165, 1.54) is 12.1 Å². The topological polar surface area (TPSA) is 66.4 Å². The molecule has 20 heavy (non-hydrogen) atoms. The second-order valence-corrected chi connectivity index (χ2v) is 5.68. The molecule has 5 heteroatoms. The highest BCUT2D eigenvalue weighted by Gasteiger charge is 2.09. The van der Waals surface area contributed by atoms with Gasteiger partial charge in [0.25, 0.3) is 10.1 Å². The van der Waals surface area contributed by atoms with Crippen LogP contribution in [0.3, 0.4) is 0 Å². The van der Waals surface area contributed by atoms with Gasteiger partial charge in [-0.3, -0.25) is 4.55 Å². The van der Waals surface area contributed by atoms with E-state index in [0.717, 1.165) is 11.1 Å². The Kier molecular flexibility index (Phi) is 4.22. The first-order valence-electron chi connectivity index (χ1n) is 6.02. The Hall–Kier alpha value is -2.11. The minimum atomic E-state index is -4.18. The van der Waals surface area contributed by atoms with E-state index in [1.54, 1.807) is 18.2 Å². The summed E-state index contributed by atoms with van der Waals surface area (Å²) < 4.78 is 31.2. The van der Waals surface area contributed by atoms with Crippen molar-refractivity contribution in [3.8, 4) is 0 Å². The molecule has 4 nitrogen and oxygen atoms in total. The third kappa shape index (κ3) is 3.46. The molecular weight excluding hydrogens is 274 g/mol. The Morgan fingerprint density at radius 1 is 1.15 bits per heavy atom. The molecule has 0 saturated carbocycles. The van der Waals surface area contributed by atoms with Gasteiger partial charge in [0.15, 0.2) is 0 Å². The molecule has 0 radical (unpaired) electrons. The van der Waals surface area contributed by atoms with Crippen molar-refractivity contribution < 1.29 is 13.0 Å². The summed E-state index contributed by atoms with van der Waals surface area (Å²) >= 11 is 0. The first-order valence-corrected chi connectivity index (χ1v) is 7.46. The molecular formula is C15H15NO3S. The summed E-state index contributed by atoms with van der Waals surface area (Å²) in [5.74, 6) is 0. The molecule has 0 atom stereocenters. The third-order valence-electron chi connectivity index (χ3n) is 2.89. The Bertz CT molecular complexity index is 723. The summed E-state index contributed by atoms with van der Waals surface area (Å²) in [6, 6.07) is 13.8. The molecule has 0 aliphatic rings. The number of anilines is 1. The van der Waals surface area contributed by atoms with Crippen molar-refractivity contribution in [1.29, 1.82) is 0 Å². The zero-order chi connectivity index (χ0) is 14.6. The summed E-state index contributed by atoms with van der Waals surface area (Å²) in [5.41, 5.74) is 2.70. The van der Waals surface area contributed by atoms with Crippen LogP contribution in [0.5, 0.6) is 0 Å². The molecule has 0 saturated heterocycles. The Morgan fingerprint density at radius 3 is 2.60 bits per heavy atom. The zero-order valence-electron chi connectivity index (χ0n) is 10.8. The fourth-order valence-corrected chi connectivity index (χ4v) is 2.38. The van der Waals surface area contributed by atoms with Gasteiger partial charge in [0.2, 0.25) is 0 Å². The lowest BCUT2D eigenvalue weighted by Crippen LogP contribution is -2.03. The van der Waals surface area contributed by atoms with E-state index >= 15 is 0 Å². The average molecular weight is 289 g/mol. The van der Waals surface area contributed by atoms with E-state index in [9.17, 15) is 8.42 Å². The van der Waals surface area contributed by atoms with Gasteiger partial charge in [-0.15, -0.1) is 0 Å². The summed E-state index contributed by atoms with van der Waals surface area (Å²) in [6.07, 6.45) is 1.77. The van der Waals surface area contributed by atoms with E-state index < -0.39 is 10.1 Å². The number of rotatable bonds is 5. The van der Waals surface area contributed by atoms with Crippen molar-refractivity contribution in [2.24, 2.45) is 0 Å². The van der Waals surface area contributed by atoms with Crippen LogP contribution in [0.1, 0.15) is 11.1 Å². The molecule has 0 aromatic heterocycles. The van der Waals surface area contributed by atoms with Crippen molar-refractivity contribution in [3.63, 3.8) is 0 Å². The molecule has 0 spiro atoms. The summed E-state index contributed by atoms with van der Waals surface area (Å²) in [4.78, 5) is -0.125. The molecule has 104 valence electrons. The molecule has 2 N–H and O–H groups in total. The van der Waals surface area contributed by atoms with Crippen molar-refractivity contribution in [2.75, 3.05) is 5.32 Å². The van der Waals surface area contributed by atoms with Crippen LogP contribution in [0.15, 0.2) is 60.0 Å². The van der Waals surface area contributed by atoms with E-state index in [2.05, 4.69) is 11.9 Å². The van der Waals surface area contributed by atoms with Gasteiger partial charge >= 0.3 is 0 Å². The highest BCUT2D eigenvalue weighted by atomic mass is 32.2. The molecule has 0 aliphatic heterocycles. The van der Waals surface area contributed by atoms with Gasteiger partial charge in [-0.25, -0.2) is 0 Å². The molecule has 2 rings (SSSR count). The van der Waals surface area contributed by atoms with Crippen LogP contribution in [-0.2, 0) is 16.7 Å². The van der Waals surface area contributed by atoms with Gasteiger partial charge in [0.1, 0.15) is 0 Å². The van der Waals surface area contributed by atoms with E-state index in [1.807, 2.05) is 24.3 Å². The molecule has 2 aromatic rings. The lowest BCUT2D eigenvalue weighted by atomic mass is 10.1. The van der Waals surface area contributed by atoms with Crippen LogP contribution in [-0.4, -0.2) is 13.0 Å². The maximum atomic E-state index is 11.1. The number of hydrogen-bond acceptors (Lipinski definition) is 3. The summed E-state index contributed by atoms with van der Waals surface area (Å²) in [5, 5.41) is 3.12. The van der Waals surface area contributed by atoms with Crippen molar-refractivity contribution in [2.45, 2.75) is 11.4 Å². The van der Waals surface area contributed by atoms with Crippen LogP contribution in [0.25, 0.3) is 6.08 Å². The first kappa shape index (κ1) is 14.3. The fourth-order valence-electron chi connectivity index (χ4n) is 1.86. The normalized spacial score (nSPS) is 11.1. The third-order valence-corrected chi connectivity index (χ3v) is 3.74. The molecule has 0 bridgehead atoms. The fraction of sp³-hybridized carbons (Fsp3) is 0.0667. The monoisotopic (exact) mass is 289 g/mol. The smallest absolute Gasteiger partial charge is 0.294 e. The minimum Gasteiger partial charge on any atom is -0.381 e. The van der Waals surface area contributed by atoms with Crippen molar-refractivity contribution >= 4 is 21.9 Å². The van der Waals surface area contributed by atoms with Crippen LogP contribution in [0.2, 0.25) is 0 Å². The minimum absolute atomic E-state index is 0.125.